The summed E-state index contributed by atoms with van der Waals surface area (Å²) >= 11 is 0. The zero-order valence-corrected chi connectivity index (χ0v) is 19.9. The van der Waals surface area contributed by atoms with Crippen molar-refractivity contribution in [2.24, 2.45) is 0 Å². The standard InChI is InChI=1S/C23H44N2O7/c1-4-5-6-7-8-9-10-11-12-13-14-24-22(29)16(2)31-21-19(25-17(3)27)23(30)32-18(15-26)20(21)28/h16,18-21,23,26,28,30H,4-15H2,1-3H3,(H,24,29)(H,25,27). The molecule has 6 unspecified atom stereocenters. The second-order valence-corrected chi connectivity index (χ2v) is 8.68. The zero-order chi connectivity index (χ0) is 23.9. The van der Waals surface area contributed by atoms with Crippen molar-refractivity contribution in [2.75, 3.05) is 13.2 Å². The first kappa shape index (κ1) is 28.8. The Balaban J connectivity index is 2.33. The molecule has 0 bridgehead atoms. The van der Waals surface area contributed by atoms with Gasteiger partial charge in [-0.2, -0.15) is 0 Å². The molecule has 188 valence electrons. The molecule has 0 aromatic carbocycles. The predicted octanol–water partition coefficient (Wildman–Crippen LogP) is 1.37. The lowest BCUT2D eigenvalue weighted by atomic mass is 9.96. The van der Waals surface area contributed by atoms with Gasteiger partial charge in [0.05, 0.1) is 6.61 Å². The minimum absolute atomic E-state index is 0.337. The van der Waals surface area contributed by atoms with E-state index in [1.165, 1.54) is 51.9 Å². The molecule has 6 atom stereocenters. The highest BCUT2D eigenvalue weighted by atomic mass is 16.6. The SMILES string of the molecule is CCCCCCCCCCCCNC(=O)C(C)OC1C(O)C(CO)OC(O)C1NC(C)=O. The third-order valence-electron chi connectivity index (χ3n) is 5.80. The number of rotatable bonds is 16. The summed E-state index contributed by atoms with van der Waals surface area (Å²) < 4.78 is 10.8. The molecule has 9 nitrogen and oxygen atoms in total. The van der Waals surface area contributed by atoms with Gasteiger partial charge in [0.15, 0.2) is 6.29 Å². The minimum Gasteiger partial charge on any atom is -0.394 e. The molecule has 1 fully saturated rings. The van der Waals surface area contributed by atoms with Crippen LogP contribution < -0.4 is 10.6 Å². The van der Waals surface area contributed by atoms with Crippen LogP contribution >= 0.6 is 0 Å². The maximum absolute atomic E-state index is 12.4. The number of aliphatic hydroxyl groups is 3. The highest BCUT2D eigenvalue weighted by molar-refractivity contribution is 5.80. The van der Waals surface area contributed by atoms with E-state index < -0.39 is 49.3 Å². The highest BCUT2D eigenvalue weighted by Crippen LogP contribution is 2.23. The second-order valence-electron chi connectivity index (χ2n) is 8.68. The fourth-order valence-corrected chi connectivity index (χ4v) is 3.90. The number of carbonyl (C=O) groups excluding carboxylic acids is 2. The van der Waals surface area contributed by atoms with Gasteiger partial charge in [0.1, 0.15) is 30.5 Å². The van der Waals surface area contributed by atoms with Crippen molar-refractivity contribution < 1.29 is 34.4 Å². The van der Waals surface area contributed by atoms with Crippen molar-refractivity contribution in [3.8, 4) is 0 Å². The van der Waals surface area contributed by atoms with Gasteiger partial charge >= 0.3 is 0 Å². The van der Waals surface area contributed by atoms with E-state index in [0.717, 1.165) is 19.3 Å². The van der Waals surface area contributed by atoms with Gasteiger partial charge in [0.2, 0.25) is 11.8 Å². The van der Waals surface area contributed by atoms with E-state index in [0.29, 0.717) is 6.54 Å². The molecule has 0 saturated carbocycles. The molecule has 32 heavy (non-hydrogen) atoms. The topological polar surface area (TPSA) is 137 Å². The average Bonchev–Trinajstić information content (AvgIpc) is 2.76. The number of ether oxygens (including phenoxy) is 2. The van der Waals surface area contributed by atoms with Gasteiger partial charge in [-0.3, -0.25) is 9.59 Å². The Kier molecular flexibility index (Phi) is 14.7. The molecule has 0 radical (unpaired) electrons. The van der Waals surface area contributed by atoms with Crippen LogP contribution in [0.1, 0.15) is 85.0 Å². The third-order valence-corrected chi connectivity index (χ3v) is 5.80. The summed E-state index contributed by atoms with van der Waals surface area (Å²) in [6.07, 6.45) is 6.22. The summed E-state index contributed by atoms with van der Waals surface area (Å²) in [5.41, 5.74) is 0. The van der Waals surface area contributed by atoms with Gasteiger partial charge in [0.25, 0.3) is 0 Å². The van der Waals surface area contributed by atoms with Gasteiger partial charge in [-0.1, -0.05) is 64.7 Å². The maximum Gasteiger partial charge on any atom is 0.248 e. The fraction of sp³-hybridized carbons (Fsp3) is 0.913. The number of unbranched alkanes of at least 4 members (excludes halogenated alkanes) is 9. The van der Waals surface area contributed by atoms with E-state index in [-0.39, 0.29) is 5.91 Å². The molecular weight excluding hydrogens is 416 g/mol. The van der Waals surface area contributed by atoms with Gasteiger partial charge in [-0.15, -0.1) is 0 Å². The molecule has 1 aliphatic rings. The normalized spacial score (nSPS) is 26.5. The number of nitrogens with one attached hydrogen (secondary N) is 2. The van der Waals surface area contributed by atoms with Crippen molar-refractivity contribution in [2.45, 2.75) is 122 Å². The average molecular weight is 461 g/mol. The molecule has 1 heterocycles. The van der Waals surface area contributed by atoms with Crippen LogP contribution in [0.3, 0.4) is 0 Å². The van der Waals surface area contributed by atoms with Gasteiger partial charge in [0, 0.05) is 13.5 Å². The van der Waals surface area contributed by atoms with E-state index in [4.69, 9.17) is 9.47 Å². The van der Waals surface area contributed by atoms with Crippen molar-refractivity contribution >= 4 is 11.8 Å². The van der Waals surface area contributed by atoms with E-state index in [2.05, 4.69) is 17.6 Å². The predicted molar refractivity (Wildman–Crippen MR) is 121 cm³/mol. The van der Waals surface area contributed by atoms with Crippen LogP contribution in [0.2, 0.25) is 0 Å². The van der Waals surface area contributed by atoms with Crippen LogP contribution in [0, 0.1) is 0 Å². The van der Waals surface area contributed by atoms with Crippen molar-refractivity contribution in [1.82, 2.24) is 10.6 Å². The highest BCUT2D eigenvalue weighted by Gasteiger charge is 2.46. The first-order valence-corrected chi connectivity index (χ1v) is 12.1. The van der Waals surface area contributed by atoms with Crippen LogP contribution in [0.4, 0.5) is 0 Å². The first-order chi connectivity index (χ1) is 15.3. The Morgan fingerprint density at radius 3 is 2.09 bits per heavy atom. The first-order valence-electron chi connectivity index (χ1n) is 12.1. The van der Waals surface area contributed by atoms with Crippen LogP contribution in [0.15, 0.2) is 0 Å². The quantitative estimate of drug-likeness (QED) is 0.219. The van der Waals surface area contributed by atoms with Gasteiger partial charge < -0.3 is 35.4 Å². The van der Waals surface area contributed by atoms with Crippen LogP contribution in [-0.4, -0.2) is 77.0 Å². The maximum atomic E-state index is 12.4. The van der Waals surface area contributed by atoms with Crippen molar-refractivity contribution in [1.29, 1.82) is 0 Å². The van der Waals surface area contributed by atoms with E-state index >= 15 is 0 Å². The number of amides is 2. The Morgan fingerprint density at radius 2 is 1.56 bits per heavy atom. The fourth-order valence-electron chi connectivity index (χ4n) is 3.90. The number of hydrogen-bond donors (Lipinski definition) is 5. The molecule has 0 aromatic heterocycles. The van der Waals surface area contributed by atoms with Crippen LogP contribution in [0.5, 0.6) is 0 Å². The number of aliphatic hydroxyl groups excluding tert-OH is 3. The Hall–Kier alpha value is -1.26. The van der Waals surface area contributed by atoms with Gasteiger partial charge in [-0.25, -0.2) is 0 Å². The summed E-state index contributed by atoms with van der Waals surface area (Å²) in [7, 11) is 0. The summed E-state index contributed by atoms with van der Waals surface area (Å²) in [4.78, 5) is 23.9. The Morgan fingerprint density at radius 1 is 1.00 bits per heavy atom. The molecule has 5 N–H and O–H groups in total. The lowest BCUT2D eigenvalue weighted by Gasteiger charge is -2.43. The number of hydrogen-bond acceptors (Lipinski definition) is 7. The minimum atomic E-state index is -1.48. The summed E-state index contributed by atoms with van der Waals surface area (Å²) in [5, 5.41) is 35.2. The summed E-state index contributed by atoms with van der Waals surface area (Å²) in [6, 6.07) is -1.07. The molecule has 1 saturated heterocycles. The lowest BCUT2D eigenvalue weighted by Crippen LogP contribution is -2.65. The molecule has 2 amide bonds. The van der Waals surface area contributed by atoms with Crippen molar-refractivity contribution in [3.05, 3.63) is 0 Å². The largest absolute Gasteiger partial charge is 0.394 e. The van der Waals surface area contributed by atoms with E-state index in [1.807, 2.05) is 0 Å². The Bertz CT molecular complexity index is 534. The van der Waals surface area contributed by atoms with Crippen molar-refractivity contribution in [3.63, 3.8) is 0 Å². The zero-order valence-electron chi connectivity index (χ0n) is 19.9. The molecule has 0 aliphatic carbocycles. The van der Waals surface area contributed by atoms with E-state index in [9.17, 15) is 24.9 Å². The molecule has 0 aromatic rings. The Labute approximate surface area is 192 Å². The van der Waals surface area contributed by atoms with Gasteiger partial charge in [-0.05, 0) is 13.3 Å². The molecular formula is C23H44N2O7. The van der Waals surface area contributed by atoms with Crippen LogP contribution in [0.25, 0.3) is 0 Å². The molecule has 1 rings (SSSR count). The summed E-state index contributed by atoms with van der Waals surface area (Å²) in [6.45, 7) is 5.03. The number of carbonyl (C=O) groups is 2. The van der Waals surface area contributed by atoms with Crippen LogP contribution in [-0.2, 0) is 19.1 Å². The molecule has 1 aliphatic heterocycles. The molecule has 0 spiro atoms. The van der Waals surface area contributed by atoms with E-state index in [1.54, 1.807) is 6.92 Å². The summed E-state index contributed by atoms with van der Waals surface area (Å²) in [5.74, 6) is -0.782. The molecule has 9 heteroatoms. The monoisotopic (exact) mass is 460 g/mol. The third kappa shape index (κ3) is 10.6. The lowest BCUT2D eigenvalue weighted by molar-refractivity contribution is -0.266. The smallest absolute Gasteiger partial charge is 0.248 e. The second kappa shape index (κ2) is 16.4.